The van der Waals surface area contributed by atoms with Gasteiger partial charge in [0, 0.05) is 24.7 Å². The van der Waals surface area contributed by atoms with E-state index in [-0.39, 0.29) is 11.3 Å². The second-order valence-corrected chi connectivity index (χ2v) is 8.95. The van der Waals surface area contributed by atoms with Gasteiger partial charge in [-0.2, -0.15) is 0 Å². The third-order valence-electron chi connectivity index (χ3n) is 6.31. The Kier molecular flexibility index (Phi) is 8.23. The fourth-order valence-electron chi connectivity index (χ4n) is 4.35. The Labute approximate surface area is 220 Å². The Bertz CT molecular complexity index is 1310. The van der Waals surface area contributed by atoms with Crippen LogP contribution in [-0.2, 0) is 14.3 Å². The van der Waals surface area contributed by atoms with Gasteiger partial charge >= 0.3 is 0 Å². The number of methoxy groups -OCH3 is 2. The number of likely N-dealkylation sites (N-methyl/N-ethyl adjacent to an activating group) is 1. The second-order valence-electron chi connectivity index (χ2n) is 8.51. The number of hydrogen-bond donors (Lipinski definition) is 2. The smallest absolute Gasteiger partial charge is 0.258 e. The normalized spacial score (nSPS) is 23.3. The number of rotatable bonds is 7. The molecule has 2 aromatic carbocycles. The van der Waals surface area contributed by atoms with Gasteiger partial charge in [0.2, 0.25) is 0 Å². The Hall–Kier alpha value is -3.23. The SMILES string of the molecule is COc1ccc(Cl)cc1N(C)C(=O)[C@@H]1O[C@H](CO)[C@H](O)[C@H](n2cc(-c3cc(F)c(F)c(F)c3)nn2)[C@H]1OC. The molecule has 1 fully saturated rings. The third kappa shape index (κ3) is 5.07. The van der Waals surface area contributed by atoms with E-state index in [0.717, 1.165) is 16.8 Å². The van der Waals surface area contributed by atoms with E-state index in [1.54, 1.807) is 12.1 Å². The van der Waals surface area contributed by atoms with Crippen LogP contribution in [0.5, 0.6) is 5.75 Å². The number of ether oxygens (including phenoxy) is 3. The van der Waals surface area contributed by atoms with E-state index in [0.29, 0.717) is 16.5 Å². The highest BCUT2D eigenvalue weighted by atomic mass is 35.5. The van der Waals surface area contributed by atoms with Gasteiger partial charge in [-0.05, 0) is 30.3 Å². The van der Waals surface area contributed by atoms with Crippen molar-refractivity contribution in [2.24, 2.45) is 0 Å². The monoisotopic (exact) mass is 556 g/mol. The average molecular weight is 557 g/mol. The van der Waals surface area contributed by atoms with Crippen LogP contribution in [0.3, 0.4) is 0 Å². The first-order valence-corrected chi connectivity index (χ1v) is 11.6. The summed E-state index contributed by atoms with van der Waals surface area (Å²) in [5, 5.41) is 29.0. The molecule has 5 atom stereocenters. The van der Waals surface area contributed by atoms with Crippen molar-refractivity contribution in [2.45, 2.75) is 30.5 Å². The molecule has 1 aliphatic heterocycles. The highest BCUT2D eigenvalue weighted by Crippen LogP contribution is 2.36. The van der Waals surface area contributed by atoms with Gasteiger partial charge in [-0.3, -0.25) is 4.79 Å². The maximum atomic E-state index is 13.8. The lowest BCUT2D eigenvalue weighted by molar-refractivity contribution is -0.211. The molecule has 1 amide bonds. The van der Waals surface area contributed by atoms with Gasteiger partial charge in [0.05, 0.1) is 25.6 Å². The van der Waals surface area contributed by atoms with Gasteiger partial charge in [-0.15, -0.1) is 5.10 Å². The van der Waals surface area contributed by atoms with Crippen LogP contribution in [0.1, 0.15) is 6.04 Å². The molecule has 0 unspecified atom stereocenters. The molecule has 10 nitrogen and oxygen atoms in total. The second kappa shape index (κ2) is 11.3. The summed E-state index contributed by atoms with van der Waals surface area (Å²) in [5.74, 6) is -4.73. The molecular weight excluding hydrogens is 533 g/mol. The number of nitrogens with zero attached hydrogens (tertiary/aromatic N) is 4. The lowest BCUT2D eigenvalue weighted by Gasteiger charge is -2.43. The minimum absolute atomic E-state index is 0.0412. The number of aromatic nitrogens is 3. The molecule has 204 valence electrons. The standard InChI is InChI=1S/C24H24ClF3N4O6/c1-31(16-8-12(25)4-5-17(16)36-2)24(35)23-22(37-3)20(21(34)18(10-33)38-23)32-9-15(29-30-32)11-6-13(26)19(28)14(27)7-11/h4-9,18,20-23,33-34H,10H2,1-3H3/t18-,20+,21+,22-,23-/m1/s1. The minimum atomic E-state index is -1.63. The largest absolute Gasteiger partial charge is 0.495 e. The molecule has 1 saturated heterocycles. The van der Waals surface area contributed by atoms with E-state index >= 15 is 0 Å². The van der Waals surface area contributed by atoms with Gasteiger partial charge in [0.25, 0.3) is 5.91 Å². The molecule has 4 rings (SSSR count). The molecule has 2 N–H and O–H groups in total. The molecular formula is C24H24ClF3N4O6. The van der Waals surface area contributed by atoms with Crippen molar-refractivity contribution in [3.05, 3.63) is 59.0 Å². The van der Waals surface area contributed by atoms with Crippen LogP contribution >= 0.6 is 11.6 Å². The molecule has 0 bridgehead atoms. The van der Waals surface area contributed by atoms with Crippen molar-refractivity contribution < 1.29 is 42.4 Å². The summed E-state index contributed by atoms with van der Waals surface area (Å²) in [6.07, 6.45) is -3.94. The topological polar surface area (TPSA) is 119 Å². The molecule has 0 saturated carbocycles. The van der Waals surface area contributed by atoms with E-state index in [2.05, 4.69) is 10.3 Å². The van der Waals surface area contributed by atoms with Gasteiger partial charge in [-0.25, -0.2) is 17.9 Å². The van der Waals surface area contributed by atoms with Crippen molar-refractivity contribution in [3.63, 3.8) is 0 Å². The van der Waals surface area contributed by atoms with Crippen LogP contribution in [0.4, 0.5) is 18.9 Å². The highest BCUT2D eigenvalue weighted by Gasteiger charge is 2.50. The summed E-state index contributed by atoms with van der Waals surface area (Å²) < 4.78 is 58.7. The lowest BCUT2D eigenvalue weighted by atomic mass is 9.91. The molecule has 14 heteroatoms. The molecule has 3 aromatic rings. The Morgan fingerprint density at radius 3 is 2.50 bits per heavy atom. The molecule has 1 aliphatic rings. The van der Waals surface area contributed by atoms with E-state index in [1.165, 1.54) is 38.4 Å². The number of halogens is 4. The number of hydrogen-bond acceptors (Lipinski definition) is 8. The summed E-state index contributed by atoms with van der Waals surface area (Å²) in [6.45, 7) is -0.655. The molecule has 38 heavy (non-hydrogen) atoms. The van der Waals surface area contributed by atoms with Crippen molar-refractivity contribution in [1.82, 2.24) is 15.0 Å². The number of aliphatic hydroxyl groups is 2. The van der Waals surface area contributed by atoms with E-state index < -0.39 is 60.4 Å². The van der Waals surface area contributed by atoms with Crippen molar-refractivity contribution in [2.75, 3.05) is 32.8 Å². The summed E-state index contributed by atoms with van der Waals surface area (Å²) in [5.41, 5.74) is 0.179. The average Bonchev–Trinajstić information content (AvgIpc) is 3.40. The zero-order chi connectivity index (χ0) is 27.7. The number of carbonyl (C=O) groups excluding carboxylic acids is 1. The molecule has 0 aliphatic carbocycles. The predicted molar refractivity (Wildman–Crippen MR) is 128 cm³/mol. The van der Waals surface area contributed by atoms with E-state index in [1.807, 2.05) is 0 Å². The van der Waals surface area contributed by atoms with Crippen LogP contribution in [0.25, 0.3) is 11.3 Å². The Balaban J connectivity index is 1.70. The first-order valence-electron chi connectivity index (χ1n) is 11.3. The lowest BCUT2D eigenvalue weighted by Crippen LogP contribution is -2.60. The summed E-state index contributed by atoms with van der Waals surface area (Å²) in [6, 6.07) is 5.05. The number of carbonyl (C=O) groups is 1. The van der Waals surface area contributed by atoms with Crippen LogP contribution in [-0.4, -0.2) is 83.4 Å². The zero-order valence-electron chi connectivity index (χ0n) is 20.4. The fourth-order valence-corrected chi connectivity index (χ4v) is 4.52. The van der Waals surface area contributed by atoms with Crippen LogP contribution < -0.4 is 9.64 Å². The quantitative estimate of drug-likeness (QED) is 0.426. The minimum Gasteiger partial charge on any atom is -0.495 e. The fraction of sp³-hybridized carbons (Fsp3) is 0.375. The maximum absolute atomic E-state index is 13.8. The maximum Gasteiger partial charge on any atom is 0.258 e. The number of aliphatic hydroxyl groups excluding tert-OH is 2. The summed E-state index contributed by atoms with van der Waals surface area (Å²) in [4.78, 5) is 14.9. The van der Waals surface area contributed by atoms with Crippen molar-refractivity contribution in [1.29, 1.82) is 0 Å². The van der Waals surface area contributed by atoms with Gasteiger partial charge in [0.15, 0.2) is 23.6 Å². The first-order chi connectivity index (χ1) is 18.1. The predicted octanol–water partition coefficient (Wildman–Crippen LogP) is 2.36. The number of benzene rings is 2. The third-order valence-corrected chi connectivity index (χ3v) is 6.55. The Morgan fingerprint density at radius 2 is 1.89 bits per heavy atom. The van der Waals surface area contributed by atoms with E-state index in [4.69, 9.17) is 25.8 Å². The van der Waals surface area contributed by atoms with Crippen molar-refractivity contribution >= 4 is 23.2 Å². The zero-order valence-corrected chi connectivity index (χ0v) is 21.1. The van der Waals surface area contributed by atoms with Crippen LogP contribution in [0.2, 0.25) is 5.02 Å². The molecule has 1 aromatic heterocycles. The number of amides is 1. The summed E-state index contributed by atoms with van der Waals surface area (Å²) >= 11 is 6.11. The van der Waals surface area contributed by atoms with Crippen LogP contribution in [0.15, 0.2) is 36.5 Å². The molecule has 2 heterocycles. The van der Waals surface area contributed by atoms with Gasteiger partial charge < -0.3 is 29.3 Å². The first kappa shape index (κ1) is 27.8. The van der Waals surface area contributed by atoms with Gasteiger partial charge in [-0.1, -0.05) is 16.8 Å². The van der Waals surface area contributed by atoms with Gasteiger partial charge in [0.1, 0.15) is 35.8 Å². The molecule has 0 radical (unpaired) electrons. The molecule has 0 spiro atoms. The van der Waals surface area contributed by atoms with Crippen LogP contribution in [0, 0.1) is 17.5 Å². The highest BCUT2D eigenvalue weighted by molar-refractivity contribution is 6.31. The van der Waals surface area contributed by atoms with Crippen molar-refractivity contribution in [3.8, 4) is 17.0 Å². The Morgan fingerprint density at radius 1 is 1.21 bits per heavy atom. The summed E-state index contributed by atoms with van der Waals surface area (Å²) in [7, 11) is 4.18. The number of anilines is 1. The van der Waals surface area contributed by atoms with E-state index in [9.17, 15) is 28.2 Å².